The summed E-state index contributed by atoms with van der Waals surface area (Å²) in [5.41, 5.74) is 5.30. The third-order valence-corrected chi connectivity index (χ3v) is 9.68. The Morgan fingerprint density at radius 1 is 0.333 bits per heavy atom. The Bertz CT molecular complexity index is 2550. The maximum atomic E-state index is 5.11. The average molecular weight is 592 g/mol. The van der Waals surface area contributed by atoms with Crippen molar-refractivity contribution < 1.29 is 0 Å². The first-order chi connectivity index (χ1) is 22.3. The largest absolute Gasteiger partial charge is 0.208 e. The van der Waals surface area contributed by atoms with E-state index in [-0.39, 0.29) is 0 Å². The van der Waals surface area contributed by atoms with Gasteiger partial charge in [0.2, 0.25) is 0 Å². The van der Waals surface area contributed by atoms with E-state index in [1.807, 2.05) is 29.5 Å². The number of fused-ring (bicyclic) bond motifs is 5. The summed E-state index contributed by atoms with van der Waals surface area (Å²) < 4.78 is 2.62. The monoisotopic (exact) mass is 591 g/mol. The van der Waals surface area contributed by atoms with E-state index in [0.717, 1.165) is 27.5 Å². The second-order valence-corrected chi connectivity index (χ2v) is 12.3. The molecule has 7 aromatic carbocycles. The molecule has 210 valence electrons. The molecule has 0 bridgehead atoms. The van der Waals surface area contributed by atoms with Crippen LogP contribution in [0.15, 0.2) is 152 Å². The Hall–Kier alpha value is -5.71. The van der Waals surface area contributed by atoms with Gasteiger partial charge >= 0.3 is 0 Å². The van der Waals surface area contributed by atoms with Crippen LogP contribution in [0.3, 0.4) is 0 Å². The zero-order valence-corrected chi connectivity index (χ0v) is 25.0. The minimum absolute atomic E-state index is 0.659. The topological polar surface area (TPSA) is 38.7 Å². The Balaban J connectivity index is 1.24. The molecule has 0 aliphatic heterocycles. The molecule has 0 N–H and O–H groups in total. The maximum absolute atomic E-state index is 5.11. The molecule has 0 saturated carbocycles. The molecule has 2 aromatic heterocycles. The summed E-state index contributed by atoms with van der Waals surface area (Å²) in [6.07, 6.45) is 0. The van der Waals surface area contributed by atoms with Crippen LogP contribution in [0.5, 0.6) is 0 Å². The fourth-order valence-corrected chi connectivity index (χ4v) is 7.40. The van der Waals surface area contributed by atoms with E-state index in [4.69, 9.17) is 15.0 Å². The SMILES string of the molecule is c1ccc(-c2nc(-c3ccc4ccccc4c3)nc(-c3ccc(-c4ccc5sc6ccccc6c5c4)c4ccccc34)n2)cc1. The molecule has 0 unspecified atom stereocenters. The van der Waals surface area contributed by atoms with Crippen molar-refractivity contribution in [1.29, 1.82) is 0 Å². The van der Waals surface area contributed by atoms with Gasteiger partial charge in [-0.1, -0.05) is 121 Å². The van der Waals surface area contributed by atoms with Crippen LogP contribution in [-0.4, -0.2) is 15.0 Å². The van der Waals surface area contributed by atoms with Crippen molar-refractivity contribution in [2.75, 3.05) is 0 Å². The predicted molar refractivity (Wildman–Crippen MR) is 189 cm³/mol. The summed E-state index contributed by atoms with van der Waals surface area (Å²) in [6, 6.07) is 53.4. The van der Waals surface area contributed by atoms with Crippen LogP contribution in [0.25, 0.3) is 87.0 Å². The number of hydrogen-bond acceptors (Lipinski definition) is 4. The fraction of sp³-hybridized carbons (Fsp3) is 0. The third-order valence-electron chi connectivity index (χ3n) is 8.53. The summed E-state index contributed by atoms with van der Waals surface area (Å²) in [5.74, 6) is 1.98. The molecule has 4 heteroatoms. The molecule has 0 fully saturated rings. The van der Waals surface area contributed by atoms with Gasteiger partial charge in [0.25, 0.3) is 0 Å². The molecule has 0 radical (unpaired) electrons. The minimum atomic E-state index is 0.659. The highest BCUT2D eigenvalue weighted by Gasteiger charge is 2.17. The summed E-state index contributed by atoms with van der Waals surface area (Å²) in [6.45, 7) is 0. The zero-order valence-electron chi connectivity index (χ0n) is 24.2. The van der Waals surface area contributed by atoms with Crippen molar-refractivity contribution >= 4 is 53.1 Å². The van der Waals surface area contributed by atoms with Gasteiger partial charge in [0.1, 0.15) is 0 Å². The number of aromatic nitrogens is 3. The Morgan fingerprint density at radius 2 is 0.933 bits per heavy atom. The summed E-state index contributed by atoms with van der Waals surface area (Å²) >= 11 is 1.85. The molecular formula is C41H25N3S. The standard InChI is InChI=1S/C41H25N3S/c1-2-11-27(12-3-1)39-42-40(30-19-18-26-10-4-5-13-28(26)24-30)44-41(43-39)35-22-21-31(32-14-6-7-15-33(32)35)29-20-23-38-36(25-29)34-16-8-9-17-37(34)45-38/h1-25H. The number of hydrogen-bond donors (Lipinski definition) is 0. The normalized spacial score (nSPS) is 11.6. The van der Waals surface area contributed by atoms with E-state index in [1.165, 1.54) is 42.1 Å². The van der Waals surface area contributed by atoms with Gasteiger partial charge < -0.3 is 0 Å². The van der Waals surface area contributed by atoms with Gasteiger partial charge in [0, 0.05) is 36.9 Å². The van der Waals surface area contributed by atoms with Crippen molar-refractivity contribution in [3.8, 4) is 45.3 Å². The first-order valence-corrected chi connectivity index (χ1v) is 15.8. The molecule has 9 aromatic rings. The van der Waals surface area contributed by atoms with Crippen LogP contribution in [0.1, 0.15) is 0 Å². The van der Waals surface area contributed by atoms with Crippen molar-refractivity contribution in [2.24, 2.45) is 0 Å². The molecule has 2 heterocycles. The fourth-order valence-electron chi connectivity index (χ4n) is 6.31. The van der Waals surface area contributed by atoms with Gasteiger partial charge in [-0.05, 0) is 63.0 Å². The maximum Gasteiger partial charge on any atom is 0.164 e. The van der Waals surface area contributed by atoms with Crippen LogP contribution in [0.4, 0.5) is 0 Å². The van der Waals surface area contributed by atoms with Crippen LogP contribution in [0.2, 0.25) is 0 Å². The Morgan fingerprint density at radius 3 is 1.78 bits per heavy atom. The lowest BCUT2D eigenvalue weighted by Gasteiger charge is -2.13. The molecule has 3 nitrogen and oxygen atoms in total. The van der Waals surface area contributed by atoms with E-state index in [0.29, 0.717) is 17.5 Å². The summed E-state index contributed by atoms with van der Waals surface area (Å²) in [7, 11) is 0. The van der Waals surface area contributed by atoms with Crippen LogP contribution in [-0.2, 0) is 0 Å². The Labute approximate surface area is 264 Å². The van der Waals surface area contributed by atoms with Gasteiger partial charge in [0.05, 0.1) is 0 Å². The summed E-state index contributed by atoms with van der Waals surface area (Å²) in [5, 5.41) is 7.23. The molecule has 0 aliphatic carbocycles. The van der Waals surface area contributed by atoms with E-state index in [1.54, 1.807) is 0 Å². The molecule has 0 aliphatic rings. The third kappa shape index (κ3) is 4.46. The minimum Gasteiger partial charge on any atom is -0.208 e. The average Bonchev–Trinajstić information content (AvgIpc) is 3.49. The van der Waals surface area contributed by atoms with Gasteiger partial charge in [-0.25, -0.2) is 15.0 Å². The van der Waals surface area contributed by atoms with Gasteiger partial charge in [-0.15, -0.1) is 11.3 Å². The highest BCUT2D eigenvalue weighted by atomic mass is 32.1. The molecule has 45 heavy (non-hydrogen) atoms. The van der Waals surface area contributed by atoms with Gasteiger partial charge in [-0.2, -0.15) is 0 Å². The summed E-state index contributed by atoms with van der Waals surface area (Å²) in [4.78, 5) is 15.1. The molecular weight excluding hydrogens is 567 g/mol. The predicted octanol–water partition coefficient (Wildman–Crippen LogP) is 11.2. The molecule has 0 saturated heterocycles. The van der Waals surface area contributed by atoms with E-state index < -0.39 is 0 Å². The quantitative estimate of drug-likeness (QED) is 0.204. The molecule has 9 rings (SSSR count). The van der Waals surface area contributed by atoms with Gasteiger partial charge in [-0.3, -0.25) is 0 Å². The second kappa shape index (κ2) is 10.5. The molecule has 0 atom stereocenters. The molecule has 0 spiro atoms. The number of nitrogens with zero attached hydrogens (tertiary/aromatic N) is 3. The van der Waals surface area contributed by atoms with Crippen molar-refractivity contribution in [3.05, 3.63) is 152 Å². The van der Waals surface area contributed by atoms with Crippen molar-refractivity contribution in [3.63, 3.8) is 0 Å². The van der Waals surface area contributed by atoms with Crippen molar-refractivity contribution in [2.45, 2.75) is 0 Å². The smallest absolute Gasteiger partial charge is 0.164 e. The highest BCUT2D eigenvalue weighted by molar-refractivity contribution is 7.25. The lowest BCUT2D eigenvalue weighted by Crippen LogP contribution is -2.00. The van der Waals surface area contributed by atoms with E-state index in [9.17, 15) is 0 Å². The van der Waals surface area contributed by atoms with Gasteiger partial charge in [0.15, 0.2) is 17.5 Å². The highest BCUT2D eigenvalue weighted by Crippen LogP contribution is 2.40. The van der Waals surface area contributed by atoms with Crippen molar-refractivity contribution in [1.82, 2.24) is 15.0 Å². The first kappa shape index (κ1) is 25.8. The van der Waals surface area contributed by atoms with Crippen LogP contribution >= 0.6 is 11.3 Å². The first-order valence-electron chi connectivity index (χ1n) is 15.0. The lowest BCUT2D eigenvalue weighted by atomic mass is 9.94. The number of benzene rings is 7. The zero-order chi connectivity index (χ0) is 29.7. The second-order valence-electron chi connectivity index (χ2n) is 11.2. The van der Waals surface area contributed by atoms with E-state index in [2.05, 4.69) is 133 Å². The Kier molecular flexibility index (Phi) is 6.00. The van der Waals surface area contributed by atoms with Crippen LogP contribution < -0.4 is 0 Å². The van der Waals surface area contributed by atoms with Crippen LogP contribution in [0, 0.1) is 0 Å². The number of rotatable bonds is 4. The van der Waals surface area contributed by atoms with E-state index >= 15 is 0 Å². The lowest BCUT2D eigenvalue weighted by molar-refractivity contribution is 1.08. The number of thiophene rings is 1. The molecule has 0 amide bonds.